The summed E-state index contributed by atoms with van der Waals surface area (Å²) in [4.78, 5) is 14.3. The second-order valence-electron chi connectivity index (χ2n) is 5.92. The van der Waals surface area contributed by atoms with Gasteiger partial charge in [0, 0.05) is 13.6 Å². The molecule has 1 aliphatic rings. The molecule has 114 valence electrons. The highest BCUT2D eigenvalue weighted by Crippen LogP contribution is 2.36. The Bertz CT molecular complexity index is 663. The summed E-state index contributed by atoms with van der Waals surface area (Å²) in [6.07, 6.45) is 2.04. The van der Waals surface area contributed by atoms with Crippen LogP contribution < -0.4 is 5.32 Å². The molecule has 2 aromatic rings. The summed E-state index contributed by atoms with van der Waals surface area (Å²) < 4.78 is 0. The van der Waals surface area contributed by atoms with E-state index in [2.05, 4.69) is 60.8 Å². The Kier molecular flexibility index (Phi) is 4.14. The Labute approximate surface area is 132 Å². The summed E-state index contributed by atoms with van der Waals surface area (Å²) in [7, 11) is 1.70. The first kappa shape index (κ1) is 14.6. The number of hydrogen-bond acceptors (Lipinski definition) is 1. The number of nitrogens with zero attached hydrogens (tertiary/aromatic N) is 1. The van der Waals surface area contributed by atoms with Crippen LogP contribution in [0, 0.1) is 6.92 Å². The summed E-state index contributed by atoms with van der Waals surface area (Å²) in [6, 6.07) is 17.0. The zero-order valence-electron chi connectivity index (χ0n) is 13.2. The van der Waals surface area contributed by atoms with Gasteiger partial charge in [0.25, 0.3) is 0 Å². The van der Waals surface area contributed by atoms with Crippen LogP contribution in [-0.2, 0) is 13.0 Å². The molecule has 1 atom stereocenters. The van der Waals surface area contributed by atoms with E-state index < -0.39 is 0 Å². The van der Waals surface area contributed by atoms with Gasteiger partial charge in [-0.3, -0.25) is 0 Å². The van der Waals surface area contributed by atoms with Gasteiger partial charge < -0.3 is 10.2 Å². The van der Waals surface area contributed by atoms with Gasteiger partial charge in [0.15, 0.2) is 0 Å². The van der Waals surface area contributed by atoms with E-state index >= 15 is 0 Å². The summed E-state index contributed by atoms with van der Waals surface area (Å²) in [5.74, 6) is 0. The van der Waals surface area contributed by atoms with Crippen LogP contribution in [0.4, 0.5) is 4.79 Å². The maximum atomic E-state index is 12.4. The number of amides is 2. The highest BCUT2D eigenvalue weighted by Gasteiger charge is 2.30. The molecule has 1 unspecified atom stereocenters. The highest BCUT2D eigenvalue weighted by atomic mass is 16.2. The van der Waals surface area contributed by atoms with E-state index in [0.717, 1.165) is 12.8 Å². The molecule has 3 rings (SSSR count). The number of aryl methyl sites for hydroxylation is 2. The summed E-state index contributed by atoms with van der Waals surface area (Å²) in [5, 5.41) is 2.79. The number of hydrogen-bond donors (Lipinski definition) is 1. The SMILES string of the molecule is CNC(=O)N(Cc1ccc(C)cc1)C1CCc2ccccc21. The zero-order chi connectivity index (χ0) is 15.5. The van der Waals surface area contributed by atoms with E-state index in [-0.39, 0.29) is 12.1 Å². The van der Waals surface area contributed by atoms with E-state index in [4.69, 9.17) is 0 Å². The summed E-state index contributed by atoms with van der Waals surface area (Å²) >= 11 is 0. The average Bonchev–Trinajstić information content (AvgIpc) is 2.97. The lowest BCUT2D eigenvalue weighted by Crippen LogP contribution is -2.39. The standard InChI is InChI=1S/C19H22N2O/c1-14-7-9-15(10-8-14)13-21(19(22)20-2)18-12-11-16-5-3-4-6-17(16)18/h3-10,18H,11-13H2,1-2H3,(H,20,22). The fourth-order valence-corrected chi connectivity index (χ4v) is 3.22. The fraction of sp³-hybridized carbons (Fsp3) is 0.316. The molecule has 0 saturated heterocycles. The van der Waals surface area contributed by atoms with E-state index in [0.29, 0.717) is 6.54 Å². The van der Waals surface area contributed by atoms with Crippen LogP contribution in [0.2, 0.25) is 0 Å². The van der Waals surface area contributed by atoms with Gasteiger partial charge in [-0.15, -0.1) is 0 Å². The van der Waals surface area contributed by atoms with Crippen molar-refractivity contribution in [1.82, 2.24) is 10.2 Å². The fourth-order valence-electron chi connectivity index (χ4n) is 3.22. The number of rotatable bonds is 3. The van der Waals surface area contributed by atoms with Crippen molar-refractivity contribution in [1.29, 1.82) is 0 Å². The molecule has 3 nitrogen and oxygen atoms in total. The third kappa shape index (κ3) is 2.84. The van der Waals surface area contributed by atoms with E-state index in [9.17, 15) is 4.79 Å². The maximum Gasteiger partial charge on any atom is 0.317 e. The smallest absolute Gasteiger partial charge is 0.317 e. The van der Waals surface area contributed by atoms with Crippen LogP contribution in [0.3, 0.4) is 0 Å². The second kappa shape index (κ2) is 6.22. The van der Waals surface area contributed by atoms with Gasteiger partial charge in [-0.2, -0.15) is 0 Å². The second-order valence-corrected chi connectivity index (χ2v) is 5.92. The minimum absolute atomic E-state index is 0.0118. The van der Waals surface area contributed by atoms with Crippen LogP contribution in [0.25, 0.3) is 0 Å². The van der Waals surface area contributed by atoms with Crippen molar-refractivity contribution in [3.8, 4) is 0 Å². The zero-order valence-corrected chi connectivity index (χ0v) is 13.2. The Morgan fingerprint density at radius 3 is 2.64 bits per heavy atom. The van der Waals surface area contributed by atoms with E-state index in [1.165, 1.54) is 22.3 Å². The van der Waals surface area contributed by atoms with Crippen molar-refractivity contribution in [2.24, 2.45) is 0 Å². The number of carbonyl (C=O) groups excluding carboxylic acids is 1. The molecule has 1 N–H and O–H groups in total. The number of fused-ring (bicyclic) bond motifs is 1. The van der Waals surface area contributed by atoms with Crippen molar-refractivity contribution in [2.45, 2.75) is 32.4 Å². The van der Waals surface area contributed by atoms with Crippen molar-refractivity contribution >= 4 is 6.03 Å². The third-order valence-electron chi connectivity index (χ3n) is 4.43. The molecule has 2 aromatic carbocycles. The maximum absolute atomic E-state index is 12.4. The molecular formula is C19H22N2O. The minimum Gasteiger partial charge on any atom is -0.341 e. The van der Waals surface area contributed by atoms with E-state index in [1.54, 1.807) is 7.05 Å². The Balaban J connectivity index is 1.88. The Morgan fingerprint density at radius 1 is 1.18 bits per heavy atom. The number of nitrogens with one attached hydrogen (secondary N) is 1. The van der Waals surface area contributed by atoms with Gasteiger partial charge in [0.2, 0.25) is 0 Å². The molecule has 0 fully saturated rings. The van der Waals surface area contributed by atoms with Crippen molar-refractivity contribution in [3.63, 3.8) is 0 Å². The predicted octanol–water partition coefficient (Wildman–Crippen LogP) is 3.82. The first-order valence-electron chi connectivity index (χ1n) is 7.80. The topological polar surface area (TPSA) is 32.3 Å². The largest absolute Gasteiger partial charge is 0.341 e. The molecule has 0 saturated carbocycles. The predicted molar refractivity (Wildman–Crippen MR) is 88.7 cm³/mol. The molecule has 0 heterocycles. The van der Waals surface area contributed by atoms with Gasteiger partial charge in [-0.05, 0) is 36.5 Å². The van der Waals surface area contributed by atoms with Crippen LogP contribution in [0.1, 0.15) is 34.7 Å². The lowest BCUT2D eigenvalue weighted by Gasteiger charge is -2.29. The van der Waals surface area contributed by atoms with Gasteiger partial charge in [-0.1, -0.05) is 54.1 Å². The van der Waals surface area contributed by atoms with Crippen molar-refractivity contribution in [2.75, 3.05) is 7.05 Å². The summed E-state index contributed by atoms with van der Waals surface area (Å²) in [6.45, 7) is 2.71. The normalized spacial score (nSPS) is 16.2. The molecule has 0 spiro atoms. The summed E-state index contributed by atoms with van der Waals surface area (Å²) in [5.41, 5.74) is 5.06. The van der Waals surface area contributed by atoms with Crippen molar-refractivity contribution < 1.29 is 4.79 Å². The molecule has 0 aromatic heterocycles. The lowest BCUT2D eigenvalue weighted by atomic mass is 10.1. The molecule has 2 amide bonds. The molecule has 1 aliphatic carbocycles. The Morgan fingerprint density at radius 2 is 1.91 bits per heavy atom. The Hall–Kier alpha value is -2.29. The molecular weight excluding hydrogens is 272 g/mol. The van der Waals surface area contributed by atoms with Crippen LogP contribution in [0.15, 0.2) is 48.5 Å². The van der Waals surface area contributed by atoms with E-state index in [1.807, 2.05) is 4.90 Å². The van der Waals surface area contributed by atoms with Crippen molar-refractivity contribution in [3.05, 3.63) is 70.8 Å². The molecule has 0 bridgehead atoms. The van der Waals surface area contributed by atoms with Gasteiger partial charge in [0.05, 0.1) is 6.04 Å². The highest BCUT2D eigenvalue weighted by molar-refractivity contribution is 5.74. The number of benzene rings is 2. The van der Waals surface area contributed by atoms with Gasteiger partial charge in [-0.25, -0.2) is 4.79 Å². The van der Waals surface area contributed by atoms with Crippen LogP contribution in [0.5, 0.6) is 0 Å². The quantitative estimate of drug-likeness (QED) is 0.917. The number of urea groups is 1. The first-order chi connectivity index (χ1) is 10.7. The van der Waals surface area contributed by atoms with Crippen LogP contribution >= 0.6 is 0 Å². The number of carbonyl (C=O) groups is 1. The molecule has 3 heteroatoms. The molecule has 0 radical (unpaired) electrons. The minimum atomic E-state index is -0.0118. The van der Waals surface area contributed by atoms with Gasteiger partial charge in [0.1, 0.15) is 0 Å². The van der Waals surface area contributed by atoms with Gasteiger partial charge >= 0.3 is 6.03 Å². The third-order valence-corrected chi connectivity index (χ3v) is 4.43. The first-order valence-corrected chi connectivity index (χ1v) is 7.80. The monoisotopic (exact) mass is 294 g/mol. The molecule has 0 aliphatic heterocycles. The average molecular weight is 294 g/mol. The molecule has 22 heavy (non-hydrogen) atoms. The van der Waals surface area contributed by atoms with Crippen LogP contribution in [-0.4, -0.2) is 18.0 Å². The lowest BCUT2D eigenvalue weighted by molar-refractivity contribution is 0.172.